The van der Waals surface area contributed by atoms with Crippen molar-refractivity contribution in [2.75, 3.05) is 6.61 Å². The second kappa shape index (κ2) is 4.25. The number of aromatic nitrogens is 4. The minimum absolute atomic E-state index is 0.365. The lowest BCUT2D eigenvalue weighted by Crippen LogP contribution is -2.33. The first-order chi connectivity index (χ1) is 8.72. The lowest BCUT2D eigenvalue weighted by Gasteiger charge is -2.16. The number of rotatable bonds is 2. The number of imidazole rings is 1. The number of nitrogens with zero attached hydrogens (tertiary/aromatic N) is 4. The summed E-state index contributed by atoms with van der Waals surface area (Å²) in [5, 5.41) is 28.6. The zero-order valence-electron chi connectivity index (χ0n) is 9.29. The molecule has 0 amide bonds. The van der Waals surface area contributed by atoms with E-state index in [1.54, 1.807) is 6.20 Å². The number of aliphatic hydroxyl groups is 3. The van der Waals surface area contributed by atoms with E-state index in [4.69, 9.17) is 9.84 Å². The lowest BCUT2D eigenvalue weighted by atomic mass is 10.1. The molecule has 0 aromatic carbocycles. The standard InChI is InChI=1S/C10H12N4O4/c15-2-6-7(16)8(17)10(18-6)14-4-13-5-1-11-3-12-9(5)14/h1,3-4,6-8,10,15-17H,2H2/t6-,7-,8-,10-/m0/s1. The summed E-state index contributed by atoms with van der Waals surface area (Å²) in [6.07, 6.45) is 0.442. The SMILES string of the molecule is OC[C@@H]1O[C@H](n2cnc3cncnc32)[C@@H](O)[C@H]1O. The smallest absolute Gasteiger partial charge is 0.165 e. The molecule has 2 aromatic rings. The van der Waals surface area contributed by atoms with E-state index in [0.717, 1.165) is 0 Å². The zero-order valence-corrected chi connectivity index (χ0v) is 9.29. The fraction of sp³-hybridized carbons (Fsp3) is 0.500. The van der Waals surface area contributed by atoms with Gasteiger partial charge in [0.05, 0.1) is 19.1 Å². The molecule has 2 aromatic heterocycles. The zero-order chi connectivity index (χ0) is 12.7. The molecule has 1 saturated heterocycles. The summed E-state index contributed by atoms with van der Waals surface area (Å²) in [6.45, 7) is -0.365. The fourth-order valence-electron chi connectivity index (χ4n) is 2.08. The van der Waals surface area contributed by atoms with Crippen LogP contribution >= 0.6 is 0 Å². The van der Waals surface area contributed by atoms with Crippen molar-refractivity contribution >= 4 is 11.2 Å². The molecule has 3 heterocycles. The van der Waals surface area contributed by atoms with Crippen LogP contribution in [0.3, 0.4) is 0 Å². The van der Waals surface area contributed by atoms with Gasteiger partial charge in [0.2, 0.25) is 0 Å². The molecule has 8 heteroatoms. The first-order valence-corrected chi connectivity index (χ1v) is 5.47. The summed E-state index contributed by atoms with van der Waals surface area (Å²) >= 11 is 0. The maximum Gasteiger partial charge on any atom is 0.165 e. The Morgan fingerprint density at radius 2 is 2.11 bits per heavy atom. The Hall–Kier alpha value is -1.61. The summed E-state index contributed by atoms with van der Waals surface area (Å²) in [5.41, 5.74) is 1.06. The Bertz CT molecular complexity index is 560. The number of aliphatic hydroxyl groups excluding tert-OH is 3. The highest BCUT2D eigenvalue weighted by atomic mass is 16.6. The Balaban J connectivity index is 2.00. The van der Waals surface area contributed by atoms with Crippen molar-refractivity contribution in [2.45, 2.75) is 24.5 Å². The molecule has 18 heavy (non-hydrogen) atoms. The van der Waals surface area contributed by atoms with Crippen molar-refractivity contribution in [2.24, 2.45) is 0 Å². The van der Waals surface area contributed by atoms with Crippen LogP contribution < -0.4 is 0 Å². The van der Waals surface area contributed by atoms with E-state index < -0.39 is 24.5 Å². The second-order valence-corrected chi connectivity index (χ2v) is 4.11. The van der Waals surface area contributed by atoms with Gasteiger partial charge >= 0.3 is 0 Å². The third-order valence-electron chi connectivity index (χ3n) is 3.03. The first kappa shape index (κ1) is 11.5. The minimum Gasteiger partial charge on any atom is -0.394 e. The van der Waals surface area contributed by atoms with Gasteiger partial charge in [0.1, 0.15) is 30.2 Å². The van der Waals surface area contributed by atoms with Gasteiger partial charge < -0.3 is 20.1 Å². The van der Waals surface area contributed by atoms with Crippen LogP contribution in [0.2, 0.25) is 0 Å². The summed E-state index contributed by atoms with van der Waals surface area (Å²) in [4.78, 5) is 12.0. The van der Waals surface area contributed by atoms with Gasteiger partial charge in [-0.2, -0.15) is 0 Å². The van der Waals surface area contributed by atoms with Gasteiger partial charge in [-0.15, -0.1) is 0 Å². The van der Waals surface area contributed by atoms with E-state index in [9.17, 15) is 10.2 Å². The molecular weight excluding hydrogens is 240 g/mol. The van der Waals surface area contributed by atoms with E-state index in [1.165, 1.54) is 17.2 Å². The summed E-state index contributed by atoms with van der Waals surface area (Å²) < 4.78 is 6.91. The van der Waals surface area contributed by atoms with E-state index in [1.807, 2.05) is 0 Å². The first-order valence-electron chi connectivity index (χ1n) is 5.47. The van der Waals surface area contributed by atoms with Crippen LogP contribution in [0.15, 0.2) is 18.9 Å². The molecule has 4 atom stereocenters. The van der Waals surface area contributed by atoms with Crippen molar-refractivity contribution in [1.82, 2.24) is 19.5 Å². The highest BCUT2D eigenvalue weighted by Crippen LogP contribution is 2.30. The van der Waals surface area contributed by atoms with Crippen LogP contribution in [0.1, 0.15) is 6.23 Å². The van der Waals surface area contributed by atoms with E-state index in [-0.39, 0.29) is 6.61 Å². The highest BCUT2D eigenvalue weighted by Gasteiger charge is 2.43. The summed E-state index contributed by atoms with van der Waals surface area (Å²) in [6, 6.07) is 0. The Kier molecular flexibility index (Phi) is 2.71. The number of fused-ring (bicyclic) bond motifs is 1. The fourth-order valence-corrected chi connectivity index (χ4v) is 2.08. The normalized spacial score (nSPS) is 32.2. The second-order valence-electron chi connectivity index (χ2n) is 4.11. The van der Waals surface area contributed by atoms with Gasteiger partial charge in [-0.05, 0) is 0 Å². The third kappa shape index (κ3) is 1.58. The number of ether oxygens (including phenoxy) is 1. The van der Waals surface area contributed by atoms with Gasteiger partial charge in [0, 0.05) is 0 Å². The molecule has 1 aliphatic heterocycles. The van der Waals surface area contributed by atoms with Crippen LogP contribution in [-0.4, -0.2) is 59.8 Å². The molecule has 96 valence electrons. The van der Waals surface area contributed by atoms with Crippen LogP contribution in [0, 0.1) is 0 Å². The number of hydrogen-bond acceptors (Lipinski definition) is 7. The summed E-state index contributed by atoms with van der Waals surface area (Å²) in [7, 11) is 0. The monoisotopic (exact) mass is 252 g/mol. The molecule has 3 N–H and O–H groups in total. The van der Waals surface area contributed by atoms with Crippen molar-refractivity contribution in [3.05, 3.63) is 18.9 Å². The molecule has 1 aliphatic rings. The lowest BCUT2D eigenvalue weighted by molar-refractivity contribution is -0.0511. The van der Waals surface area contributed by atoms with E-state index in [2.05, 4.69) is 15.0 Å². The van der Waals surface area contributed by atoms with E-state index in [0.29, 0.717) is 11.2 Å². The average molecular weight is 252 g/mol. The van der Waals surface area contributed by atoms with Gasteiger partial charge in [0.15, 0.2) is 11.9 Å². The van der Waals surface area contributed by atoms with Gasteiger partial charge in [0.25, 0.3) is 0 Å². The minimum atomic E-state index is -1.14. The molecule has 0 saturated carbocycles. The molecular formula is C10H12N4O4. The van der Waals surface area contributed by atoms with Gasteiger partial charge in [-0.3, -0.25) is 4.57 Å². The van der Waals surface area contributed by atoms with Crippen LogP contribution in [0.4, 0.5) is 0 Å². The van der Waals surface area contributed by atoms with Crippen molar-refractivity contribution in [3.63, 3.8) is 0 Å². The van der Waals surface area contributed by atoms with Crippen molar-refractivity contribution in [1.29, 1.82) is 0 Å². The highest BCUT2D eigenvalue weighted by molar-refractivity contribution is 5.68. The molecule has 1 fully saturated rings. The average Bonchev–Trinajstić information content (AvgIpc) is 2.93. The van der Waals surface area contributed by atoms with Crippen LogP contribution in [0.25, 0.3) is 11.2 Å². The Morgan fingerprint density at radius 1 is 1.28 bits per heavy atom. The van der Waals surface area contributed by atoms with Crippen LogP contribution in [0.5, 0.6) is 0 Å². The van der Waals surface area contributed by atoms with Gasteiger partial charge in [-0.25, -0.2) is 15.0 Å². The summed E-state index contributed by atoms with van der Waals surface area (Å²) in [5.74, 6) is 0. The molecule has 3 rings (SSSR count). The maximum absolute atomic E-state index is 9.91. The molecule has 0 radical (unpaired) electrons. The topological polar surface area (TPSA) is 114 Å². The predicted octanol–water partition coefficient (Wildman–Crippen LogP) is -1.56. The van der Waals surface area contributed by atoms with E-state index >= 15 is 0 Å². The predicted molar refractivity (Wildman–Crippen MR) is 58.3 cm³/mol. The molecule has 0 aliphatic carbocycles. The van der Waals surface area contributed by atoms with Crippen molar-refractivity contribution < 1.29 is 20.1 Å². The quantitative estimate of drug-likeness (QED) is 0.592. The molecule has 0 unspecified atom stereocenters. The van der Waals surface area contributed by atoms with Crippen LogP contribution in [-0.2, 0) is 4.74 Å². The molecule has 0 bridgehead atoms. The third-order valence-corrected chi connectivity index (χ3v) is 3.03. The van der Waals surface area contributed by atoms with Gasteiger partial charge in [-0.1, -0.05) is 0 Å². The molecule has 8 nitrogen and oxygen atoms in total. The Morgan fingerprint density at radius 3 is 2.83 bits per heavy atom. The van der Waals surface area contributed by atoms with Crippen molar-refractivity contribution in [3.8, 4) is 0 Å². The number of hydrogen-bond donors (Lipinski definition) is 3. The molecule has 0 spiro atoms. The Labute approximate surface area is 102 Å². The maximum atomic E-state index is 9.91. The largest absolute Gasteiger partial charge is 0.394 e.